The smallest absolute Gasteiger partial charge is 0.316 e. The highest BCUT2D eigenvalue weighted by atomic mass is 16.2. The van der Waals surface area contributed by atoms with Gasteiger partial charge < -0.3 is 15.5 Å². The zero-order valence-corrected chi connectivity index (χ0v) is 9.18. The van der Waals surface area contributed by atoms with Crippen molar-refractivity contribution >= 4 is 6.03 Å². The van der Waals surface area contributed by atoms with Gasteiger partial charge in [-0.05, 0) is 19.4 Å². The van der Waals surface area contributed by atoms with Crippen molar-refractivity contribution in [3.8, 4) is 0 Å². The van der Waals surface area contributed by atoms with Gasteiger partial charge in [0.05, 0.1) is 0 Å². The van der Waals surface area contributed by atoms with Crippen LogP contribution in [0.15, 0.2) is 12.7 Å². The second-order valence-electron chi connectivity index (χ2n) is 3.31. The molecule has 0 rings (SSSR count). The summed E-state index contributed by atoms with van der Waals surface area (Å²) < 4.78 is 0. The van der Waals surface area contributed by atoms with Crippen molar-refractivity contribution in [3.63, 3.8) is 0 Å². The molecule has 2 N–H and O–H groups in total. The summed E-state index contributed by atoms with van der Waals surface area (Å²) in [4.78, 5) is 12.6. The Morgan fingerprint density at radius 2 is 2.07 bits per heavy atom. The van der Waals surface area contributed by atoms with E-state index in [1.807, 2.05) is 6.08 Å². The second kappa shape index (κ2) is 8.56. The first-order valence-electron chi connectivity index (χ1n) is 4.95. The molecule has 0 saturated carbocycles. The first-order valence-corrected chi connectivity index (χ1v) is 4.95. The number of carbonyl (C=O) groups is 1. The average molecular weight is 199 g/mol. The van der Waals surface area contributed by atoms with Crippen LogP contribution < -0.4 is 10.6 Å². The molecule has 0 aromatic rings. The third-order valence-corrected chi connectivity index (χ3v) is 1.75. The highest BCUT2D eigenvalue weighted by Crippen LogP contribution is 1.85. The van der Waals surface area contributed by atoms with Crippen molar-refractivity contribution in [1.29, 1.82) is 0 Å². The van der Waals surface area contributed by atoms with E-state index in [1.165, 1.54) is 4.90 Å². The number of unbranched alkanes of at least 4 members (excludes halogenated alkanes) is 1. The number of urea groups is 1. The molecule has 0 saturated heterocycles. The molecule has 0 aromatic heterocycles. The minimum Gasteiger partial charge on any atom is -0.337 e. The van der Waals surface area contributed by atoms with Crippen LogP contribution in [0.3, 0.4) is 0 Å². The van der Waals surface area contributed by atoms with Crippen LogP contribution in [0.25, 0.3) is 0 Å². The number of amides is 2. The van der Waals surface area contributed by atoms with Crippen molar-refractivity contribution < 1.29 is 4.79 Å². The van der Waals surface area contributed by atoms with Gasteiger partial charge >= 0.3 is 6.03 Å². The number of hydrogen-bond donors (Lipinski definition) is 2. The minimum absolute atomic E-state index is 0.0436. The van der Waals surface area contributed by atoms with Gasteiger partial charge in [0.25, 0.3) is 0 Å². The summed E-state index contributed by atoms with van der Waals surface area (Å²) in [6.45, 7) is 6.11. The van der Waals surface area contributed by atoms with E-state index < -0.39 is 0 Å². The van der Waals surface area contributed by atoms with Crippen LogP contribution in [-0.4, -0.2) is 44.7 Å². The van der Waals surface area contributed by atoms with E-state index in [0.29, 0.717) is 6.54 Å². The van der Waals surface area contributed by atoms with Gasteiger partial charge in [0, 0.05) is 27.2 Å². The maximum atomic E-state index is 11.1. The molecule has 0 atom stereocenters. The van der Waals surface area contributed by atoms with Gasteiger partial charge in [0.15, 0.2) is 0 Å². The quantitative estimate of drug-likeness (QED) is 0.471. The normalized spacial score (nSPS) is 9.57. The van der Waals surface area contributed by atoms with E-state index in [1.54, 1.807) is 14.1 Å². The van der Waals surface area contributed by atoms with E-state index in [-0.39, 0.29) is 6.03 Å². The van der Waals surface area contributed by atoms with Crippen LogP contribution in [-0.2, 0) is 0 Å². The number of nitrogens with zero attached hydrogens (tertiary/aromatic N) is 1. The highest BCUT2D eigenvalue weighted by Gasteiger charge is 1.99. The van der Waals surface area contributed by atoms with Crippen LogP contribution in [0.2, 0.25) is 0 Å². The average Bonchev–Trinajstić information content (AvgIpc) is 2.16. The van der Waals surface area contributed by atoms with Gasteiger partial charge in [0.2, 0.25) is 0 Å². The molecule has 4 nitrogen and oxygen atoms in total. The first-order chi connectivity index (χ1) is 6.68. The molecule has 14 heavy (non-hydrogen) atoms. The van der Waals surface area contributed by atoms with E-state index in [0.717, 1.165) is 25.9 Å². The van der Waals surface area contributed by atoms with Crippen LogP contribution >= 0.6 is 0 Å². The molecule has 0 spiro atoms. The molecule has 2 amide bonds. The lowest BCUT2D eigenvalue weighted by atomic mass is 10.3. The number of hydrogen-bond acceptors (Lipinski definition) is 2. The Kier molecular flexibility index (Phi) is 7.93. The third-order valence-electron chi connectivity index (χ3n) is 1.75. The summed E-state index contributed by atoms with van der Waals surface area (Å²) in [6, 6.07) is -0.0436. The van der Waals surface area contributed by atoms with Crippen LogP contribution in [0, 0.1) is 0 Å². The predicted molar refractivity (Wildman–Crippen MR) is 59.4 cm³/mol. The highest BCUT2D eigenvalue weighted by molar-refractivity contribution is 5.73. The minimum atomic E-state index is -0.0436. The first kappa shape index (κ1) is 13.0. The lowest BCUT2D eigenvalue weighted by Gasteiger charge is -2.11. The molecule has 0 aliphatic carbocycles. The molecule has 0 radical (unpaired) electrons. The Hall–Kier alpha value is -1.03. The Balaban J connectivity index is 3.13. The van der Waals surface area contributed by atoms with E-state index in [2.05, 4.69) is 17.2 Å². The van der Waals surface area contributed by atoms with Crippen LogP contribution in [0.5, 0.6) is 0 Å². The van der Waals surface area contributed by atoms with Crippen LogP contribution in [0.4, 0.5) is 4.79 Å². The summed E-state index contributed by atoms with van der Waals surface area (Å²) in [5, 5.41) is 6.01. The fraction of sp³-hybridized carbons (Fsp3) is 0.700. The lowest BCUT2D eigenvalue weighted by molar-refractivity contribution is 0.217. The molecule has 0 unspecified atom stereocenters. The van der Waals surface area contributed by atoms with E-state index >= 15 is 0 Å². The number of nitrogens with one attached hydrogen (secondary N) is 2. The topological polar surface area (TPSA) is 44.4 Å². The molecular weight excluding hydrogens is 178 g/mol. The van der Waals surface area contributed by atoms with Gasteiger partial charge in [-0.3, -0.25) is 0 Å². The Morgan fingerprint density at radius 1 is 1.36 bits per heavy atom. The maximum absolute atomic E-state index is 11.1. The van der Waals surface area contributed by atoms with E-state index in [4.69, 9.17) is 0 Å². The van der Waals surface area contributed by atoms with Gasteiger partial charge in [-0.2, -0.15) is 0 Å². The third kappa shape index (κ3) is 7.61. The molecule has 4 heteroatoms. The fourth-order valence-corrected chi connectivity index (χ4v) is 0.912. The van der Waals surface area contributed by atoms with Crippen molar-refractivity contribution in [2.24, 2.45) is 0 Å². The molecular formula is C10H21N3O. The Morgan fingerprint density at radius 3 is 2.64 bits per heavy atom. The number of allylic oxidation sites excluding steroid dienone is 1. The van der Waals surface area contributed by atoms with Gasteiger partial charge in [-0.15, -0.1) is 6.58 Å². The summed E-state index contributed by atoms with van der Waals surface area (Å²) in [5.41, 5.74) is 0. The summed E-state index contributed by atoms with van der Waals surface area (Å²) in [6.07, 6.45) is 4.05. The lowest BCUT2D eigenvalue weighted by Crippen LogP contribution is -2.38. The molecule has 0 bridgehead atoms. The number of rotatable bonds is 7. The largest absolute Gasteiger partial charge is 0.337 e. The second-order valence-corrected chi connectivity index (χ2v) is 3.31. The molecule has 0 aromatic carbocycles. The zero-order valence-electron chi connectivity index (χ0n) is 9.18. The molecule has 0 aliphatic heterocycles. The zero-order chi connectivity index (χ0) is 10.8. The van der Waals surface area contributed by atoms with Gasteiger partial charge in [-0.1, -0.05) is 6.08 Å². The summed E-state index contributed by atoms with van der Waals surface area (Å²) in [7, 11) is 3.46. The fourth-order valence-electron chi connectivity index (χ4n) is 0.912. The van der Waals surface area contributed by atoms with Crippen LogP contribution in [0.1, 0.15) is 12.8 Å². The Labute approximate surface area is 86.4 Å². The van der Waals surface area contributed by atoms with Crippen molar-refractivity contribution in [2.75, 3.05) is 33.7 Å². The maximum Gasteiger partial charge on any atom is 0.316 e. The Bertz CT molecular complexity index is 169. The van der Waals surface area contributed by atoms with Crippen molar-refractivity contribution in [3.05, 3.63) is 12.7 Å². The molecule has 0 aliphatic rings. The summed E-state index contributed by atoms with van der Waals surface area (Å²) in [5.74, 6) is 0. The monoisotopic (exact) mass is 199 g/mol. The summed E-state index contributed by atoms with van der Waals surface area (Å²) >= 11 is 0. The van der Waals surface area contributed by atoms with Gasteiger partial charge in [-0.25, -0.2) is 4.79 Å². The molecule has 82 valence electrons. The van der Waals surface area contributed by atoms with E-state index in [9.17, 15) is 4.79 Å². The van der Waals surface area contributed by atoms with Crippen molar-refractivity contribution in [2.45, 2.75) is 12.8 Å². The standard InChI is InChI=1S/C10H21N3O/c1-4-5-6-7-11-8-9-12-10(14)13(2)3/h4,11H,1,5-9H2,2-3H3,(H,12,14). The molecule has 0 fully saturated rings. The predicted octanol–water partition coefficient (Wildman–Crippen LogP) is 0.813. The molecule has 0 heterocycles. The SMILES string of the molecule is C=CCCCNCCNC(=O)N(C)C. The van der Waals surface area contributed by atoms with Gasteiger partial charge in [0.1, 0.15) is 0 Å². The number of carbonyl (C=O) groups excluding carboxylic acids is 1. The van der Waals surface area contributed by atoms with Crippen molar-refractivity contribution in [1.82, 2.24) is 15.5 Å².